The van der Waals surface area contributed by atoms with Crippen LogP contribution in [0, 0.1) is 0 Å². The number of ether oxygens (including phenoxy) is 2. The van der Waals surface area contributed by atoms with Gasteiger partial charge in [-0.05, 0) is 59.2 Å². The summed E-state index contributed by atoms with van der Waals surface area (Å²) in [5.74, 6) is 1.58. The monoisotopic (exact) mass is 440 g/mol. The van der Waals surface area contributed by atoms with Crippen molar-refractivity contribution in [1.82, 2.24) is 5.32 Å². The number of nitrogens with zero attached hydrogens (tertiary/aromatic N) is 1. The second kappa shape index (κ2) is 9.09. The van der Waals surface area contributed by atoms with E-state index in [9.17, 15) is 0 Å². The summed E-state index contributed by atoms with van der Waals surface area (Å²) in [6, 6.07) is 21.6. The third-order valence-corrected chi connectivity index (χ3v) is 5.61. The third kappa shape index (κ3) is 4.46. The fourth-order valence-corrected chi connectivity index (χ4v) is 3.91. The molecule has 0 fully saturated rings. The highest BCUT2D eigenvalue weighted by molar-refractivity contribution is 6.30. The first-order valence-electron chi connectivity index (χ1n) is 9.60. The Balaban J connectivity index is 1.75. The summed E-state index contributed by atoms with van der Waals surface area (Å²) < 4.78 is 10.8. The van der Waals surface area contributed by atoms with Gasteiger partial charge in [0.1, 0.15) is 17.6 Å². The SMILES string of the molecule is COCc1cc(OC)cc(C2=N[C@H](c3ccc(Cl)cc3)[C@H](c3ccc(Cl)cc3)N2)c1. The van der Waals surface area contributed by atoms with E-state index >= 15 is 0 Å². The van der Waals surface area contributed by atoms with Gasteiger partial charge in [0.25, 0.3) is 0 Å². The van der Waals surface area contributed by atoms with E-state index in [2.05, 4.69) is 11.4 Å². The summed E-state index contributed by atoms with van der Waals surface area (Å²) in [4.78, 5) is 5.05. The predicted octanol–water partition coefficient (Wildman–Crippen LogP) is 5.98. The standard InChI is InChI=1S/C24H22Cl2N2O2/c1-29-14-15-11-18(13-21(12-15)30-2)24-27-22(16-3-7-19(25)8-4-16)23(28-24)17-5-9-20(26)10-6-17/h3-13,22-23H,14H2,1-2H3,(H,27,28)/t22-,23+. The molecule has 154 valence electrons. The van der Waals surface area contributed by atoms with Crippen LogP contribution in [0.5, 0.6) is 5.75 Å². The maximum atomic E-state index is 6.10. The Morgan fingerprint density at radius 3 is 2.10 bits per heavy atom. The van der Waals surface area contributed by atoms with Crippen LogP contribution in [0.15, 0.2) is 71.7 Å². The Morgan fingerprint density at radius 1 is 0.867 bits per heavy atom. The summed E-state index contributed by atoms with van der Waals surface area (Å²) in [5.41, 5.74) is 4.17. The minimum Gasteiger partial charge on any atom is -0.497 e. The predicted molar refractivity (Wildman–Crippen MR) is 122 cm³/mol. The molecule has 0 spiro atoms. The van der Waals surface area contributed by atoms with Crippen molar-refractivity contribution in [1.29, 1.82) is 0 Å². The molecule has 0 bridgehead atoms. The second-order valence-electron chi connectivity index (χ2n) is 7.15. The molecule has 0 aromatic heterocycles. The Hall–Kier alpha value is -2.53. The molecule has 3 aromatic rings. The molecule has 6 heteroatoms. The van der Waals surface area contributed by atoms with Crippen LogP contribution in [0.25, 0.3) is 0 Å². The highest BCUT2D eigenvalue weighted by Gasteiger charge is 2.32. The summed E-state index contributed by atoms with van der Waals surface area (Å²) in [7, 11) is 3.34. The van der Waals surface area contributed by atoms with Gasteiger partial charge >= 0.3 is 0 Å². The van der Waals surface area contributed by atoms with Crippen LogP contribution in [0.4, 0.5) is 0 Å². The average Bonchev–Trinajstić information content (AvgIpc) is 3.20. The van der Waals surface area contributed by atoms with Crippen LogP contribution in [0.1, 0.15) is 34.3 Å². The molecule has 1 aliphatic rings. The number of rotatable bonds is 6. The van der Waals surface area contributed by atoms with Crippen molar-refractivity contribution in [3.8, 4) is 5.75 Å². The normalized spacial score (nSPS) is 18.1. The summed E-state index contributed by atoms with van der Waals surface area (Å²) >= 11 is 12.2. The lowest BCUT2D eigenvalue weighted by molar-refractivity contribution is 0.184. The first-order chi connectivity index (χ1) is 14.6. The number of hydrogen-bond acceptors (Lipinski definition) is 4. The average molecular weight is 441 g/mol. The number of aliphatic imine (C=N–C) groups is 1. The molecule has 4 nitrogen and oxygen atoms in total. The van der Waals surface area contributed by atoms with E-state index in [0.29, 0.717) is 16.7 Å². The molecule has 0 aliphatic carbocycles. The largest absolute Gasteiger partial charge is 0.497 e. The van der Waals surface area contributed by atoms with Crippen molar-refractivity contribution < 1.29 is 9.47 Å². The quantitative estimate of drug-likeness (QED) is 0.512. The molecule has 2 atom stereocenters. The zero-order chi connectivity index (χ0) is 21.1. The van der Waals surface area contributed by atoms with Gasteiger partial charge in [0.15, 0.2) is 0 Å². The minimum absolute atomic E-state index is 0.0319. The molecule has 0 radical (unpaired) electrons. The van der Waals surface area contributed by atoms with E-state index in [-0.39, 0.29) is 12.1 Å². The van der Waals surface area contributed by atoms with Crippen molar-refractivity contribution in [3.63, 3.8) is 0 Å². The Bertz CT molecular complexity index is 1050. The summed E-state index contributed by atoms with van der Waals surface area (Å²) in [6.07, 6.45) is 0. The van der Waals surface area contributed by atoms with Gasteiger partial charge in [0.05, 0.1) is 19.8 Å². The van der Waals surface area contributed by atoms with Crippen molar-refractivity contribution in [2.75, 3.05) is 14.2 Å². The van der Waals surface area contributed by atoms with Gasteiger partial charge < -0.3 is 14.8 Å². The fourth-order valence-electron chi connectivity index (χ4n) is 3.66. The number of methoxy groups -OCH3 is 2. The van der Waals surface area contributed by atoms with E-state index in [1.54, 1.807) is 14.2 Å². The highest BCUT2D eigenvalue weighted by Crippen LogP contribution is 2.38. The van der Waals surface area contributed by atoms with Gasteiger partial charge in [0, 0.05) is 22.7 Å². The number of halogens is 2. The fraction of sp³-hybridized carbons (Fsp3) is 0.208. The molecular weight excluding hydrogens is 419 g/mol. The van der Waals surface area contributed by atoms with E-state index in [1.165, 1.54) is 0 Å². The lowest BCUT2D eigenvalue weighted by atomic mass is 9.95. The lowest BCUT2D eigenvalue weighted by Crippen LogP contribution is -2.25. The molecule has 1 aliphatic heterocycles. The van der Waals surface area contributed by atoms with Gasteiger partial charge in [-0.3, -0.25) is 4.99 Å². The zero-order valence-electron chi connectivity index (χ0n) is 16.7. The van der Waals surface area contributed by atoms with Crippen LogP contribution in [-0.2, 0) is 11.3 Å². The van der Waals surface area contributed by atoms with E-state index in [0.717, 1.165) is 33.8 Å². The molecule has 1 N–H and O–H groups in total. The van der Waals surface area contributed by atoms with Crippen LogP contribution in [-0.4, -0.2) is 20.1 Å². The zero-order valence-corrected chi connectivity index (χ0v) is 18.2. The van der Waals surface area contributed by atoms with Crippen LogP contribution in [0.2, 0.25) is 10.0 Å². The molecule has 0 unspecified atom stereocenters. The van der Waals surface area contributed by atoms with E-state index in [4.69, 9.17) is 37.7 Å². The van der Waals surface area contributed by atoms with Gasteiger partial charge in [-0.1, -0.05) is 47.5 Å². The van der Waals surface area contributed by atoms with Gasteiger partial charge in [-0.15, -0.1) is 0 Å². The second-order valence-corrected chi connectivity index (χ2v) is 8.02. The van der Waals surface area contributed by atoms with Gasteiger partial charge in [-0.25, -0.2) is 0 Å². The topological polar surface area (TPSA) is 42.9 Å². The van der Waals surface area contributed by atoms with E-state index in [1.807, 2.05) is 60.7 Å². The van der Waals surface area contributed by atoms with Crippen LogP contribution >= 0.6 is 23.2 Å². The first kappa shape index (κ1) is 20.7. The van der Waals surface area contributed by atoms with Crippen molar-refractivity contribution in [2.24, 2.45) is 4.99 Å². The molecule has 0 saturated heterocycles. The number of benzene rings is 3. The number of hydrogen-bond donors (Lipinski definition) is 1. The number of nitrogens with one attached hydrogen (secondary N) is 1. The number of amidine groups is 1. The Morgan fingerprint density at radius 2 is 1.50 bits per heavy atom. The molecular formula is C24H22Cl2N2O2. The lowest BCUT2D eigenvalue weighted by Gasteiger charge is -2.20. The molecule has 0 amide bonds. The van der Waals surface area contributed by atoms with Gasteiger partial charge in [0.2, 0.25) is 0 Å². The van der Waals surface area contributed by atoms with E-state index < -0.39 is 0 Å². The van der Waals surface area contributed by atoms with Crippen LogP contribution < -0.4 is 10.1 Å². The molecule has 1 heterocycles. The molecule has 4 rings (SSSR count). The van der Waals surface area contributed by atoms with Crippen molar-refractivity contribution in [3.05, 3.63) is 99.0 Å². The Labute approximate surface area is 186 Å². The molecule has 3 aromatic carbocycles. The molecule has 0 saturated carbocycles. The molecule has 30 heavy (non-hydrogen) atoms. The summed E-state index contributed by atoms with van der Waals surface area (Å²) in [6.45, 7) is 0.499. The minimum atomic E-state index is -0.101. The highest BCUT2D eigenvalue weighted by atomic mass is 35.5. The third-order valence-electron chi connectivity index (χ3n) is 5.10. The maximum Gasteiger partial charge on any atom is 0.129 e. The van der Waals surface area contributed by atoms with Gasteiger partial charge in [-0.2, -0.15) is 0 Å². The maximum absolute atomic E-state index is 6.10. The van der Waals surface area contributed by atoms with Crippen LogP contribution in [0.3, 0.4) is 0 Å². The summed E-state index contributed by atoms with van der Waals surface area (Å²) in [5, 5.41) is 5.01. The Kier molecular flexibility index (Phi) is 6.28. The van der Waals surface area contributed by atoms with Crippen molar-refractivity contribution >= 4 is 29.0 Å². The van der Waals surface area contributed by atoms with Crippen molar-refractivity contribution in [2.45, 2.75) is 18.7 Å². The smallest absolute Gasteiger partial charge is 0.129 e. The first-order valence-corrected chi connectivity index (χ1v) is 10.4.